The van der Waals surface area contributed by atoms with Gasteiger partial charge in [0.05, 0.1) is 12.6 Å². The van der Waals surface area contributed by atoms with Crippen LogP contribution in [0.25, 0.3) is 0 Å². The van der Waals surface area contributed by atoms with Crippen molar-refractivity contribution in [2.45, 2.75) is 58.9 Å². The third kappa shape index (κ3) is 2.38. The number of aliphatic hydroxyl groups is 1. The third-order valence-electron chi connectivity index (χ3n) is 6.03. The molecule has 1 unspecified atom stereocenters. The van der Waals surface area contributed by atoms with Crippen LogP contribution in [0.3, 0.4) is 0 Å². The van der Waals surface area contributed by atoms with Gasteiger partial charge in [0.2, 0.25) is 17.7 Å². The first-order valence-corrected chi connectivity index (χ1v) is 8.41. The molecule has 4 atom stereocenters. The number of carbonyl (C=O) groups excluding carboxylic acids is 3. The quantitative estimate of drug-likeness (QED) is 0.737. The minimum atomic E-state index is -0.743. The summed E-state index contributed by atoms with van der Waals surface area (Å²) in [6.07, 6.45) is 3.09. The van der Waals surface area contributed by atoms with Gasteiger partial charge in [0.25, 0.3) is 0 Å². The largest absolute Gasteiger partial charge is 0.394 e. The number of likely N-dealkylation sites (tertiary alicyclic amines) is 1. The van der Waals surface area contributed by atoms with E-state index < -0.39 is 16.2 Å². The Bertz CT molecular complexity index is 547. The number of imide groups is 1. The second-order valence-corrected chi connectivity index (χ2v) is 8.47. The highest BCUT2D eigenvalue weighted by Crippen LogP contribution is 2.57. The zero-order valence-corrected chi connectivity index (χ0v) is 14.1. The van der Waals surface area contributed by atoms with Gasteiger partial charge in [-0.25, -0.2) is 0 Å². The molecule has 2 N–H and O–H groups in total. The van der Waals surface area contributed by atoms with Gasteiger partial charge in [0.1, 0.15) is 0 Å². The number of nitrogens with zero attached hydrogens (tertiary/aromatic N) is 1. The van der Waals surface area contributed by atoms with E-state index in [1.165, 1.54) is 0 Å². The summed E-state index contributed by atoms with van der Waals surface area (Å²) in [5, 5.41) is 12.0. The summed E-state index contributed by atoms with van der Waals surface area (Å²) in [5.74, 6) is -0.550. The Balaban J connectivity index is 1.94. The summed E-state index contributed by atoms with van der Waals surface area (Å²) in [7, 11) is 0. The van der Waals surface area contributed by atoms with Crippen LogP contribution in [0.4, 0.5) is 0 Å². The smallest absolute Gasteiger partial charge is 0.232 e. The van der Waals surface area contributed by atoms with Crippen molar-refractivity contribution in [3.63, 3.8) is 0 Å². The lowest BCUT2D eigenvalue weighted by molar-refractivity contribution is -0.168. The number of fused-ring (bicyclic) bond motifs is 2. The van der Waals surface area contributed by atoms with Crippen molar-refractivity contribution in [1.29, 1.82) is 0 Å². The lowest BCUT2D eigenvalue weighted by Crippen LogP contribution is -2.64. The lowest BCUT2D eigenvalue weighted by Gasteiger charge is -2.54. The van der Waals surface area contributed by atoms with Crippen LogP contribution in [0, 0.1) is 16.2 Å². The van der Waals surface area contributed by atoms with Crippen molar-refractivity contribution in [2.75, 3.05) is 13.2 Å². The second kappa shape index (κ2) is 5.03. The van der Waals surface area contributed by atoms with E-state index >= 15 is 0 Å². The number of hydrogen-bond acceptors (Lipinski definition) is 4. The molecule has 6 heteroatoms. The average Bonchev–Trinajstić information content (AvgIpc) is 2.92. The Hall–Kier alpha value is -1.43. The van der Waals surface area contributed by atoms with E-state index in [1.54, 1.807) is 4.90 Å². The molecule has 2 bridgehead atoms. The average molecular weight is 322 g/mol. The molecule has 2 heterocycles. The molecule has 0 spiro atoms. The summed E-state index contributed by atoms with van der Waals surface area (Å²) in [6.45, 7) is 6.20. The predicted molar refractivity (Wildman–Crippen MR) is 83.1 cm³/mol. The Labute approximate surface area is 136 Å². The van der Waals surface area contributed by atoms with Crippen LogP contribution in [-0.4, -0.2) is 46.9 Å². The van der Waals surface area contributed by atoms with Crippen molar-refractivity contribution in [3.05, 3.63) is 0 Å². The number of hydrogen-bond donors (Lipinski definition) is 2. The standard InChI is InChI=1S/C17H26N2O4/c1-15-8-16(2,13(22)18-12(15)21)10-17(3,9-15)14(23)19-6-4-5-11(19)7-20/h11,20H,4-10H2,1-3H3,(H,18,21,22)/t11-,15-,16+,17?/m0/s1. The number of amides is 3. The zero-order valence-electron chi connectivity index (χ0n) is 14.1. The Kier molecular flexibility index (Phi) is 3.59. The number of rotatable bonds is 2. The molecule has 0 radical (unpaired) electrons. The molecule has 0 aromatic carbocycles. The first kappa shape index (κ1) is 16.4. The van der Waals surface area contributed by atoms with Gasteiger partial charge >= 0.3 is 0 Å². The highest BCUT2D eigenvalue weighted by molar-refractivity contribution is 6.04. The van der Waals surface area contributed by atoms with Crippen molar-refractivity contribution in [2.24, 2.45) is 16.2 Å². The van der Waals surface area contributed by atoms with Gasteiger partial charge in [-0.3, -0.25) is 19.7 Å². The molecule has 0 aromatic rings. The SMILES string of the molecule is CC1(C(=O)N2CCC[C@H]2CO)C[C@@]2(C)C[C@@](C)(C1)C(=O)NC2=O. The van der Waals surface area contributed by atoms with E-state index in [-0.39, 0.29) is 30.4 Å². The molecule has 1 aliphatic carbocycles. The summed E-state index contributed by atoms with van der Waals surface area (Å²) >= 11 is 0. The topological polar surface area (TPSA) is 86.7 Å². The molecule has 128 valence electrons. The van der Waals surface area contributed by atoms with E-state index in [2.05, 4.69) is 5.32 Å². The molecule has 3 fully saturated rings. The maximum Gasteiger partial charge on any atom is 0.232 e. The zero-order chi connectivity index (χ0) is 17.0. The van der Waals surface area contributed by atoms with Gasteiger partial charge < -0.3 is 10.0 Å². The van der Waals surface area contributed by atoms with Crippen LogP contribution in [-0.2, 0) is 14.4 Å². The number of nitrogens with one attached hydrogen (secondary N) is 1. The molecular formula is C17H26N2O4. The van der Waals surface area contributed by atoms with Crippen LogP contribution in [0.15, 0.2) is 0 Å². The van der Waals surface area contributed by atoms with Crippen LogP contribution >= 0.6 is 0 Å². The fraction of sp³-hybridized carbons (Fsp3) is 0.824. The van der Waals surface area contributed by atoms with Gasteiger partial charge in [-0.1, -0.05) is 20.8 Å². The van der Waals surface area contributed by atoms with Gasteiger partial charge in [0.15, 0.2) is 0 Å². The molecule has 6 nitrogen and oxygen atoms in total. The van der Waals surface area contributed by atoms with Crippen molar-refractivity contribution in [1.82, 2.24) is 10.2 Å². The molecule has 2 aliphatic heterocycles. The van der Waals surface area contributed by atoms with Crippen molar-refractivity contribution in [3.8, 4) is 0 Å². The first-order chi connectivity index (χ1) is 10.6. The molecule has 0 aromatic heterocycles. The van der Waals surface area contributed by atoms with E-state index in [0.717, 1.165) is 12.8 Å². The van der Waals surface area contributed by atoms with Gasteiger partial charge in [-0.2, -0.15) is 0 Å². The van der Waals surface area contributed by atoms with Crippen LogP contribution in [0.2, 0.25) is 0 Å². The minimum absolute atomic E-state index is 0.0197. The highest BCUT2D eigenvalue weighted by atomic mass is 16.3. The molecule has 3 amide bonds. The van der Waals surface area contributed by atoms with Crippen LogP contribution < -0.4 is 5.32 Å². The molecule has 2 saturated heterocycles. The van der Waals surface area contributed by atoms with E-state index in [4.69, 9.17) is 0 Å². The molecule has 3 aliphatic rings. The lowest BCUT2D eigenvalue weighted by atomic mass is 9.52. The van der Waals surface area contributed by atoms with Crippen molar-refractivity contribution < 1.29 is 19.5 Å². The van der Waals surface area contributed by atoms with Crippen LogP contribution in [0.1, 0.15) is 52.9 Å². The maximum absolute atomic E-state index is 13.2. The molecular weight excluding hydrogens is 296 g/mol. The highest BCUT2D eigenvalue weighted by Gasteiger charge is 2.61. The predicted octanol–water partition coefficient (Wildman–Crippen LogP) is 0.829. The Morgan fingerprint density at radius 3 is 2.26 bits per heavy atom. The van der Waals surface area contributed by atoms with E-state index in [9.17, 15) is 19.5 Å². The second-order valence-electron chi connectivity index (χ2n) is 8.47. The third-order valence-corrected chi connectivity index (χ3v) is 6.03. The van der Waals surface area contributed by atoms with Crippen molar-refractivity contribution >= 4 is 17.7 Å². The normalized spacial score (nSPS) is 43.5. The molecule has 23 heavy (non-hydrogen) atoms. The molecule has 1 saturated carbocycles. The van der Waals surface area contributed by atoms with Gasteiger partial charge in [-0.15, -0.1) is 0 Å². The summed E-state index contributed by atoms with van der Waals surface area (Å²) in [6, 6.07) is -0.133. The van der Waals surface area contributed by atoms with Gasteiger partial charge in [-0.05, 0) is 32.1 Å². The van der Waals surface area contributed by atoms with E-state index in [0.29, 0.717) is 25.8 Å². The van der Waals surface area contributed by atoms with E-state index in [1.807, 2.05) is 20.8 Å². The molecule has 3 rings (SSSR count). The Morgan fingerprint density at radius 1 is 1.17 bits per heavy atom. The number of carbonyl (C=O) groups is 3. The monoisotopic (exact) mass is 322 g/mol. The number of piperidine rings is 1. The fourth-order valence-corrected chi connectivity index (χ4v) is 5.29. The van der Waals surface area contributed by atoms with Gasteiger partial charge in [0, 0.05) is 22.8 Å². The summed E-state index contributed by atoms with van der Waals surface area (Å²) < 4.78 is 0. The summed E-state index contributed by atoms with van der Waals surface area (Å²) in [5.41, 5.74) is -2.13. The first-order valence-electron chi connectivity index (χ1n) is 8.41. The minimum Gasteiger partial charge on any atom is -0.394 e. The maximum atomic E-state index is 13.2. The Morgan fingerprint density at radius 2 is 1.74 bits per heavy atom. The fourth-order valence-electron chi connectivity index (χ4n) is 5.29. The number of aliphatic hydroxyl groups excluding tert-OH is 1. The van der Waals surface area contributed by atoms with Crippen LogP contribution in [0.5, 0.6) is 0 Å². The summed E-state index contributed by atoms with van der Waals surface area (Å²) in [4.78, 5) is 39.6.